The smallest absolute Gasteiger partial charge is 0.231 e. The molecule has 6 nitrogen and oxygen atoms in total. The topological polar surface area (TPSA) is 80.6 Å². The first-order valence-corrected chi connectivity index (χ1v) is 12.0. The summed E-state index contributed by atoms with van der Waals surface area (Å²) in [4.78, 5) is 17.2. The lowest BCUT2D eigenvalue weighted by atomic mass is 9.87. The highest BCUT2D eigenvalue weighted by atomic mass is 16.5. The highest BCUT2D eigenvalue weighted by Crippen LogP contribution is 2.45. The molecule has 1 aromatic heterocycles. The summed E-state index contributed by atoms with van der Waals surface area (Å²) in [7, 11) is 1.69. The largest absolute Gasteiger partial charge is 0.493 e. The number of aromatic amines is 1. The lowest BCUT2D eigenvalue weighted by Gasteiger charge is -2.31. The standard InChI is InChI=1S/C27H33N3O3/c1-16(2)25-21-14-18(17-8-11-30(12-9-17)15-24(28)31)4-6-22(21)29-26(25)19-5-7-23(32-3)27-20(19)10-13-33-27/h4-7,14,16-17,29H,8-13,15H2,1-3H3,(H2,28,31). The normalized spacial score (nSPS) is 16.8. The van der Waals surface area contributed by atoms with E-state index in [1.165, 1.54) is 38.9 Å². The Morgan fingerprint density at radius 1 is 1.24 bits per heavy atom. The molecular formula is C27H33N3O3. The van der Waals surface area contributed by atoms with Gasteiger partial charge in [-0.25, -0.2) is 0 Å². The second-order valence-electron chi connectivity index (χ2n) is 9.61. The molecule has 0 saturated carbocycles. The summed E-state index contributed by atoms with van der Waals surface area (Å²) in [5, 5.41) is 1.31. The first-order chi connectivity index (χ1) is 16.0. The van der Waals surface area contributed by atoms with Crippen LogP contribution in [0.3, 0.4) is 0 Å². The van der Waals surface area contributed by atoms with Gasteiger partial charge in [0.05, 0.1) is 26.0 Å². The van der Waals surface area contributed by atoms with Crippen LogP contribution >= 0.6 is 0 Å². The predicted octanol–water partition coefficient (Wildman–Crippen LogP) is 4.57. The van der Waals surface area contributed by atoms with E-state index in [-0.39, 0.29) is 5.91 Å². The van der Waals surface area contributed by atoms with Gasteiger partial charge in [0.25, 0.3) is 0 Å². The number of primary amides is 1. The molecule has 0 aliphatic carbocycles. The van der Waals surface area contributed by atoms with Crippen molar-refractivity contribution in [3.8, 4) is 22.8 Å². The van der Waals surface area contributed by atoms with Crippen LogP contribution in [0.25, 0.3) is 22.2 Å². The summed E-state index contributed by atoms with van der Waals surface area (Å²) in [6.07, 6.45) is 3.00. The highest BCUT2D eigenvalue weighted by molar-refractivity contribution is 5.93. The molecule has 0 spiro atoms. The van der Waals surface area contributed by atoms with Gasteiger partial charge in [-0.3, -0.25) is 9.69 Å². The van der Waals surface area contributed by atoms with Gasteiger partial charge in [0.2, 0.25) is 5.91 Å². The number of likely N-dealkylation sites (tertiary alicyclic amines) is 1. The number of hydrogen-bond acceptors (Lipinski definition) is 4. The van der Waals surface area contributed by atoms with E-state index >= 15 is 0 Å². The molecule has 1 saturated heterocycles. The first-order valence-electron chi connectivity index (χ1n) is 12.0. The fourth-order valence-electron chi connectivity index (χ4n) is 5.60. The Hall–Kier alpha value is -2.99. The Morgan fingerprint density at radius 2 is 2.03 bits per heavy atom. The predicted molar refractivity (Wildman–Crippen MR) is 131 cm³/mol. The van der Waals surface area contributed by atoms with Crippen LogP contribution in [0.4, 0.5) is 0 Å². The van der Waals surface area contributed by atoms with Crippen molar-refractivity contribution in [1.82, 2.24) is 9.88 Å². The summed E-state index contributed by atoms with van der Waals surface area (Å²) in [5.41, 5.74) is 12.9. The van der Waals surface area contributed by atoms with Crippen LogP contribution in [0.1, 0.15) is 55.2 Å². The molecule has 3 aromatic rings. The van der Waals surface area contributed by atoms with E-state index < -0.39 is 0 Å². The van der Waals surface area contributed by atoms with Gasteiger partial charge in [0.15, 0.2) is 11.5 Å². The average Bonchev–Trinajstić information content (AvgIpc) is 3.43. The number of fused-ring (bicyclic) bond motifs is 2. The van der Waals surface area contributed by atoms with Crippen molar-refractivity contribution in [2.75, 3.05) is 33.4 Å². The molecule has 2 aliphatic heterocycles. The fraction of sp³-hybridized carbons (Fsp3) is 0.444. The third kappa shape index (κ3) is 3.97. The molecular weight excluding hydrogens is 414 g/mol. The van der Waals surface area contributed by atoms with E-state index in [0.717, 1.165) is 43.9 Å². The number of methoxy groups -OCH3 is 1. The zero-order chi connectivity index (χ0) is 23.1. The van der Waals surface area contributed by atoms with Gasteiger partial charge in [-0.2, -0.15) is 0 Å². The maximum atomic E-state index is 11.3. The summed E-state index contributed by atoms with van der Waals surface area (Å²) < 4.78 is 11.4. The lowest BCUT2D eigenvalue weighted by Crippen LogP contribution is -2.39. The minimum atomic E-state index is -0.244. The van der Waals surface area contributed by atoms with Crippen LogP contribution in [0.2, 0.25) is 0 Å². The first kappa shape index (κ1) is 21.8. The maximum absolute atomic E-state index is 11.3. The molecule has 1 amide bonds. The minimum Gasteiger partial charge on any atom is -0.493 e. The van der Waals surface area contributed by atoms with Crippen LogP contribution < -0.4 is 15.2 Å². The molecule has 2 aromatic carbocycles. The fourth-order valence-corrected chi connectivity index (χ4v) is 5.60. The van der Waals surface area contributed by atoms with E-state index in [1.807, 2.05) is 6.07 Å². The Kier molecular flexibility index (Phi) is 5.79. The Balaban J connectivity index is 1.52. The summed E-state index contributed by atoms with van der Waals surface area (Å²) >= 11 is 0. The van der Waals surface area contributed by atoms with Gasteiger partial charge in [0.1, 0.15) is 0 Å². The molecule has 3 heterocycles. The van der Waals surface area contributed by atoms with Crippen molar-refractivity contribution in [2.45, 2.75) is 44.9 Å². The van der Waals surface area contributed by atoms with Crippen LogP contribution in [-0.2, 0) is 11.2 Å². The van der Waals surface area contributed by atoms with Gasteiger partial charge in [-0.05, 0) is 73.2 Å². The van der Waals surface area contributed by atoms with Crippen molar-refractivity contribution in [3.05, 3.63) is 47.0 Å². The summed E-state index contributed by atoms with van der Waals surface area (Å²) in [6, 6.07) is 11.1. The van der Waals surface area contributed by atoms with Crippen LogP contribution in [0.5, 0.6) is 11.5 Å². The molecule has 0 unspecified atom stereocenters. The number of nitrogens with zero attached hydrogens (tertiary/aromatic N) is 1. The number of carbonyl (C=O) groups excluding carboxylic acids is 1. The number of H-pyrrole nitrogens is 1. The summed E-state index contributed by atoms with van der Waals surface area (Å²) in [5.74, 6) is 2.33. The Morgan fingerprint density at radius 3 is 2.73 bits per heavy atom. The zero-order valence-corrected chi connectivity index (χ0v) is 19.7. The number of hydrogen-bond donors (Lipinski definition) is 2. The lowest BCUT2D eigenvalue weighted by molar-refractivity contribution is -0.119. The van der Waals surface area contributed by atoms with Gasteiger partial charge < -0.3 is 20.2 Å². The van der Waals surface area contributed by atoms with Crippen molar-refractivity contribution in [1.29, 1.82) is 0 Å². The molecule has 174 valence electrons. The molecule has 6 heteroatoms. The number of ether oxygens (including phenoxy) is 2. The van der Waals surface area contributed by atoms with Crippen LogP contribution in [0, 0.1) is 0 Å². The average molecular weight is 448 g/mol. The van der Waals surface area contributed by atoms with Crippen molar-refractivity contribution in [2.24, 2.45) is 5.73 Å². The van der Waals surface area contributed by atoms with E-state index in [0.29, 0.717) is 25.0 Å². The number of amides is 1. The highest BCUT2D eigenvalue weighted by Gasteiger charge is 2.27. The SMILES string of the molecule is COc1ccc(-c2[nH]c3ccc(C4CCN(CC(N)=O)CC4)cc3c2C(C)C)c2c1OCC2. The van der Waals surface area contributed by atoms with Gasteiger partial charge >= 0.3 is 0 Å². The van der Waals surface area contributed by atoms with Crippen LogP contribution in [0.15, 0.2) is 30.3 Å². The van der Waals surface area contributed by atoms with Crippen molar-refractivity contribution >= 4 is 16.8 Å². The van der Waals surface area contributed by atoms with Gasteiger partial charge in [0, 0.05) is 28.5 Å². The van der Waals surface area contributed by atoms with E-state index in [4.69, 9.17) is 15.2 Å². The number of aromatic nitrogens is 1. The molecule has 33 heavy (non-hydrogen) atoms. The molecule has 1 fully saturated rings. The number of rotatable bonds is 6. The number of nitrogens with one attached hydrogen (secondary N) is 1. The second kappa shape index (κ2) is 8.75. The van der Waals surface area contributed by atoms with E-state index in [1.54, 1.807) is 7.11 Å². The number of carbonyl (C=O) groups is 1. The Labute approximate surface area is 195 Å². The zero-order valence-electron chi connectivity index (χ0n) is 19.7. The van der Waals surface area contributed by atoms with Crippen LogP contribution in [-0.4, -0.2) is 49.1 Å². The van der Waals surface area contributed by atoms with Crippen molar-refractivity contribution in [3.63, 3.8) is 0 Å². The van der Waals surface area contributed by atoms with E-state index in [2.05, 4.69) is 48.0 Å². The quantitative estimate of drug-likeness (QED) is 0.580. The van der Waals surface area contributed by atoms with E-state index in [9.17, 15) is 4.79 Å². The third-order valence-corrected chi connectivity index (χ3v) is 7.19. The Bertz CT molecular complexity index is 1190. The molecule has 3 N–H and O–H groups in total. The number of piperidine rings is 1. The molecule has 5 rings (SSSR count). The monoisotopic (exact) mass is 447 g/mol. The van der Waals surface area contributed by atoms with Gasteiger partial charge in [-0.1, -0.05) is 19.9 Å². The molecule has 0 bridgehead atoms. The number of nitrogens with two attached hydrogens (primary N) is 1. The maximum Gasteiger partial charge on any atom is 0.231 e. The second-order valence-corrected chi connectivity index (χ2v) is 9.61. The molecule has 2 aliphatic rings. The van der Waals surface area contributed by atoms with Gasteiger partial charge in [-0.15, -0.1) is 0 Å². The van der Waals surface area contributed by atoms with Crippen molar-refractivity contribution < 1.29 is 14.3 Å². The molecule has 0 atom stereocenters. The minimum absolute atomic E-state index is 0.244. The number of benzene rings is 2. The third-order valence-electron chi connectivity index (χ3n) is 7.19. The summed E-state index contributed by atoms with van der Waals surface area (Å²) in [6.45, 7) is 7.42. The molecule has 0 radical (unpaired) electrons.